The summed E-state index contributed by atoms with van der Waals surface area (Å²) in [4.78, 5) is 12.2. The molecule has 2 rings (SSSR count). The van der Waals surface area contributed by atoms with Gasteiger partial charge in [0.05, 0.1) is 13.2 Å². The summed E-state index contributed by atoms with van der Waals surface area (Å²) in [6, 6.07) is 7.51. The van der Waals surface area contributed by atoms with Crippen LogP contribution in [0.25, 0.3) is 0 Å². The highest BCUT2D eigenvalue weighted by molar-refractivity contribution is 5.95. The van der Waals surface area contributed by atoms with Gasteiger partial charge in [-0.05, 0) is 74.8 Å². The molecule has 30 heavy (non-hydrogen) atoms. The molecule has 5 heteroatoms. The standard InChI is InChI=1S/C25H34O5/c1-14(2)11-17(6)19-9-10-20(22(25(26)27)24(19)28-8)30-23-18(7)12-16(5)13-21(23)29-15(3)4/h9-10,12-15,17H,11H2,1-8H3,(H,26,27)/t17-/m0/s1. The molecule has 0 aliphatic carbocycles. The highest BCUT2D eigenvalue weighted by Gasteiger charge is 2.26. The zero-order valence-electron chi connectivity index (χ0n) is 19.3. The maximum Gasteiger partial charge on any atom is 0.343 e. The normalized spacial score (nSPS) is 12.2. The summed E-state index contributed by atoms with van der Waals surface area (Å²) in [5.74, 6) is 1.26. The van der Waals surface area contributed by atoms with Crippen molar-refractivity contribution in [1.29, 1.82) is 0 Å². The van der Waals surface area contributed by atoms with Crippen LogP contribution >= 0.6 is 0 Å². The van der Waals surface area contributed by atoms with Crippen LogP contribution in [-0.4, -0.2) is 24.3 Å². The lowest BCUT2D eigenvalue weighted by Gasteiger charge is -2.22. The summed E-state index contributed by atoms with van der Waals surface area (Å²) in [5, 5.41) is 9.98. The first-order valence-corrected chi connectivity index (χ1v) is 10.4. The fraction of sp³-hybridized carbons (Fsp3) is 0.480. The SMILES string of the molecule is COc1c([C@@H](C)CC(C)C)ccc(Oc2c(C)cc(C)cc2OC(C)C)c1C(=O)O. The largest absolute Gasteiger partial charge is 0.495 e. The number of aromatic carboxylic acids is 1. The molecule has 0 bridgehead atoms. The molecular formula is C25H34O5. The van der Waals surface area contributed by atoms with Crippen molar-refractivity contribution in [2.24, 2.45) is 5.92 Å². The lowest BCUT2D eigenvalue weighted by molar-refractivity contribution is 0.0690. The van der Waals surface area contributed by atoms with Gasteiger partial charge < -0.3 is 19.3 Å². The van der Waals surface area contributed by atoms with E-state index in [9.17, 15) is 9.90 Å². The number of rotatable bonds is 9. The molecule has 1 N–H and O–H groups in total. The number of aryl methyl sites for hydroxylation is 2. The minimum absolute atomic E-state index is 0.0288. The van der Waals surface area contributed by atoms with Crippen molar-refractivity contribution in [3.05, 3.63) is 46.5 Å². The first-order valence-electron chi connectivity index (χ1n) is 10.4. The van der Waals surface area contributed by atoms with Gasteiger partial charge in [-0.2, -0.15) is 0 Å². The van der Waals surface area contributed by atoms with Crippen LogP contribution < -0.4 is 14.2 Å². The van der Waals surface area contributed by atoms with Gasteiger partial charge >= 0.3 is 5.97 Å². The Morgan fingerprint density at radius 2 is 1.67 bits per heavy atom. The van der Waals surface area contributed by atoms with Crippen LogP contribution in [-0.2, 0) is 0 Å². The highest BCUT2D eigenvalue weighted by atomic mass is 16.5. The number of carbonyl (C=O) groups is 1. The molecule has 0 fully saturated rings. The molecule has 5 nitrogen and oxygen atoms in total. The highest BCUT2D eigenvalue weighted by Crippen LogP contribution is 2.43. The van der Waals surface area contributed by atoms with Crippen molar-refractivity contribution in [3.63, 3.8) is 0 Å². The van der Waals surface area contributed by atoms with Crippen LogP contribution in [0.5, 0.6) is 23.0 Å². The van der Waals surface area contributed by atoms with E-state index in [0.717, 1.165) is 23.1 Å². The van der Waals surface area contributed by atoms with Crippen LogP contribution in [0, 0.1) is 19.8 Å². The lowest BCUT2D eigenvalue weighted by atomic mass is 9.90. The Bertz CT molecular complexity index is 899. The third-order valence-electron chi connectivity index (χ3n) is 4.88. The van der Waals surface area contributed by atoms with E-state index in [4.69, 9.17) is 14.2 Å². The predicted octanol–water partition coefficient (Wildman–Crippen LogP) is 6.74. The molecule has 0 radical (unpaired) electrons. The summed E-state index contributed by atoms with van der Waals surface area (Å²) in [6.45, 7) is 14.2. The molecular weight excluding hydrogens is 380 g/mol. The first-order chi connectivity index (χ1) is 14.0. The van der Waals surface area contributed by atoms with Gasteiger partial charge in [-0.25, -0.2) is 4.79 Å². The van der Waals surface area contributed by atoms with E-state index in [1.54, 1.807) is 6.07 Å². The van der Waals surface area contributed by atoms with Gasteiger partial charge in [-0.15, -0.1) is 0 Å². The molecule has 2 aromatic carbocycles. The average Bonchev–Trinajstić information content (AvgIpc) is 2.62. The monoisotopic (exact) mass is 414 g/mol. The molecule has 0 aliphatic heterocycles. The predicted molar refractivity (Wildman–Crippen MR) is 120 cm³/mol. The molecule has 0 aromatic heterocycles. The van der Waals surface area contributed by atoms with Gasteiger partial charge in [0, 0.05) is 0 Å². The molecule has 0 saturated carbocycles. The van der Waals surface area contributed by atoms with Gasteiger partial charge in [0.25, 0.3) is 0 Å². The summed E-state index contributed by atoms with van der Waals surface area (Å²) in [5.41, 5.74) is 2.82. The Labute approximate surface area is 180 Å². The van der Waals surface area contributed by atoms with Gasteiger partial charge in [-0.3, -0.25) is 0 Å². The Hall–Kier alpha value is -2.69. The second-order valence-corrected chi connectivity index (χ2v) is 8.57. The van der Waals surface area contributed by atoms with Crippen LogP contribution in [0.2, 0.25) is 0 Å². The van der Waals surface area contributed by atoms with Gasteiger partial charge in [0.2, 0.25) is 0 Å². The zero-order chi connectivity index (χ0) is 22.6. The molecule has 2 aromatic rings. The molecule has 0 amide bonds. The van der Waals surface area contributed by atoms with Crippen molar-refractivity contribution in [3.8, 4) is 23.0 Å². The molecule has 0 saturated heterocycles. The maximum atomic E-state index is 12.2. The molecule has 0 aliphatic rings. The maximum absolute atomic E-state index is 12.2. The number of ether oxygens (including phenoxy) is 3. The van der Waals surface area contributed by atoms with E-state index in [1.165, 1.54) is 7.11 Å². The van der Waals surface area contributed by atoms with E-state index in [2.05, 4.69) is 20.8 Å². The Balaban J connectivity index is 2.60. The molecule has 0 heterocycles. The number of carboxylic acids is 1. The van der Waals surface area contributed by atoms with Crippen LogP contribution in [0.4, 0.5) is 0 Å². The fourth-order valence-corrected chi connectivity index (χ4v) is 3.81. The molecule has 164 valence electrons. The van der Waals surface area contributed by atoms with Crippen LogP contribution in [0.1, 0.15) is 74.0 Å². The second kappa shape index (κ2) is 9.88. The number of hydrogen-bond donors (Lipinski definition) is 1. The summed E-state index contributed by atoms with van der Waals surface area (Å²) < 4.78 is 17.7. The molecule has 0 spiro atoms. The van der Waals surface area contributed by atoms with Gasteiger partial charge in [0.1, 0.15) is 17.1 Å². The summed E-state index contributed by atoms with van der Waals surface area (Å²) >= 11 is 0. The Morgan fingerprint density at radius 1 is 1.00 bits per heavy atom. The molecule has 0 unspecified atom stereocenters. The van der Waals surface area contributed by atoms with E-state index in [-0.39, 0.29) is 23.3 Å². The number of methoxy groups -OCH3 is 1. The van der Waals surface area contributed by atoms with Crippen molar-refractivity contribution in [1.82, 2.24) is 0 Å². The fourth-order valence-electron chi connectivity index (χ4n) is 3.81. The van der Waals surface area contributed by atoms with Crippen LogP contribution in [0.15, 0.2) is 24.3 Å². The minimum Gasteiger partial charge on any atom is -0.495 e. The van der Waals surface area contributed by atoms with Crippen LogP contribution in [0.3, 0.4) is 0 Å². The topological polar surface area (TPSA) is 65.0 Å². The van der Waals surface area contributed by atoms with Crippen molar-refractivity contribution < 1.29 is 24.1 Å². The quantitative estimate of drug-likeness (QED) is 0.492. The lowest BCUT2D eigenvalue weighted by Crippen LogP contribution is -2.10. The third-order valence-corrected chi connectivity index (χ3v) is 4.88. The van der Waals surface area contributed by atoms with Crippen molar-refractivity contribution >= 4 is 5.97 Å². The number of hydrogen-bond acceptors (Lipinski definition) is 4. The minimum atomic E-state index is -1.09. The van der Waals surface area contributed by atoms with E-state index in [1.807, 2.05) is 45.9 Å². The van der Waals surface area contributed by atoms with Gasteiger partial charge in [0.15, 0.2) is 11.5 Å². The first kappa shape index (κ1) is 23.6. The molecule has 1 atom stereocenters. The summed E-state index contributed by atoms with van der Waals surface area (Å²) in [7, 11) is 1.50. The second-order valence-electron chi connectivity index (χ2n) is 8.57. The Kier molecular flexibility index (Phi) is 7.77. The van der Waals surface area contributed by atoms with Crippen molar-refractivity contribution in [2.45, 2.75) is 66.9 Å². The van der Waals surface area contributed by atoms with Gasteiger partial charge in [-0.1, -0.05) is 32.9 Å². The zero-order valence-corrected chi connectivity index (χ0v) is 19.3. The van der Waals surface area contributed by atoms with E-state index >= 15 is 0 Å². The summed E-state index contributed by atoms with van der Waals surface area (Å²) in [6.07, 6.45) is 0.889. The average molecular weight is 415 g/mol. The Morgan fingerprint density at radius 3 is 2.20 bits per heavy atom. The number of benzene rings is 2. The smallest absolute Gasteiger partial charge is 0.343 e. The van der Waals surface area contributed by atoms with E-state index < -0.39 is 5.97 Å². The third kappa shape index (κ3) is 5.47. The number of carboxylic acid groups (broad SMARTS) is 1. The van der Waals surface area contributed by atoms with Crippen molar-refractivity contribution in [2.75, 3.05) is 7.11 Å². The van der Waals surface area contributed by atoms with E-state index in [0.29, 0.717) is 23.2 Å².